The van der Waals surface area contributed by atoms with Crippen LogP contribution < -0.4 is 21.7 Å². The molecule has 0 bridgehead atoms. The van der Waals surface area contributed by atoms with Gasteiger partial charge in [-0.05, 0) is 0 Å². The minimum absolute atomic E-state index is 0. The molecule has 0 radical (unpaired) electrons. The Labute approximate surface area is 142 Å². The molecule has 11 heteroatoms. The molecule has 0 unspecified atom stereocenters. The van der Waals surface area contributed by atoms with Gasteiger partial charge in [-0.15, -0.1) is 0 Å². The molecule has 0 amide bonds. The molecule has 2 rings (SSSR count). The summed E-state index contributed by atoms with van der Waals surface area (Å²) in [6.45, 7) is 0. The maximum absolute atomic E-state index is 10.2. The monoisotopic (exact) mass is 364 g/mol. The van der Waals surface area contributed by atoms with Crippen molar-refractivity contribution in [3.05, 3.63) is 36.4 Å². The summed E-state index contributed by atoms with van der Waals surface area (Å²) in [5, 5.41) is 20.3. The second kappa shape index (κ2) is 10.5. The van der Waals surface area contributed by atoms with Crippen molar-refractivity contribution < 1.29 is 36.9 Å². The van der Waals surface area contributed by atoms with Gasteiger partial charge < -0.3 is 41.2 Å². The number of aromatic nitrogens is 4. The smallest absolute Gasteiger partial charge is 0.548 e. The van der Waals surface area contributed by atoms with Crippen LogP contribution in [0.1, 0.15) is 11.4 Å². The molecular weight excluding hydrogens is 348 g/mol. The first-order valence-electron chi connectivity index (χ1n) is 6.28. The average Bonchev–Trinajstić information content (AvgIpc) is 3.12. The molecule has 2 aromatic heterocycles. The van der Waals surface area contributed by atoms with Crippen molar-refractivity contribution >= 4 is 11.9 Å². The zero-order valence-electron chi connectivity index (χ0n) is 11.9. The van der Waals surface area contributed by atoms with E-state index in [1.54, 1.807) is 12.4 Å². The van der Waals surface area contributed by atoms with E-state index in [1.807, 2.05) is 0 Å². The number of imidazole rings is 2. The third-order valence-electron chi connectivity index (χ3n) is 2.57. The van der Waals surface area contributed by atoms with Crippen molar-refractivity contribution in [2.45, 2.75) is 24.9 Å². The van der Waals surface area contributed by atoms with Crippen LogP contribution in [0.3, 0.4) is 0 Å². The predicted octanol–water partition coefficient (Wildman–Crippen LogP) is -3.94. The SMILES string of the molecule is N[C@@H](Cc1c[nH]cn1)C(=O)[O-].N[C@@H](Cc1c[nH]cn1)C(=O)[O-].[Fe+2]. The van der Waals surface area contributed by atoms with Crippen LogP contribution in [0.15, 0.2) is 25.0 Å². The number of carbonyl (C=O) groups is 2. The summed E-state index contributed by atoms with van der Waals surface area (Å²) in [5.41, 5.74) is 11.6. The van der Waals surface area contributed by atoms with Gasteiger partial charge in [-0.25, -0.2) is 9.97 Å². The molecule has 0 aliphatic carbocycles. The molecule has 23 heavy (non-hydrogen) atoms. The predicted molar refractivity (Wildman–Crippen MR) is 70.5 cm³/mol. The maximum Gasteiger partial charge on any atom is 2.00 e. The number of rotatable bonds is 6. The zero-order chi connectivity index (χ0) is 16.5. The number of carboxylic acids is 2. The van der Waals surface area contributed by atoms with E-state index in [4.69, 9.17) is 11.5 Å². The van der Waals surface area contributed by atoms with Crippen LogP contribution in [0.4, 0.5) is 0 Å². The molecule has 126 valence electrons. The summed E-state index contributed by atoms with van der Waals surface area (Å²) in [6.07, 6.45) is 6.54. The number of nitrogens with two attached hydrogens (primary N) is 2. The number of aliphatic carboxylic acids is 2. The van der Waals surface area contributed by atoms with Gasteiger partial charge >= 0.3 is 17.1 Å². The fourth-order valence-corrected chi connectivity index (χ4v) is 1.42. The van der Waals surface area contributed by atoms with Crippen molar-refractivity contribution in [2.75, 3.05) is 0 Å². The number of nitrogens with one attached hydrogen (secondary N) is 2. The van der Waals surface area contributed by atoms with Crippen molar-refractivity contribution in [3.8, 4) is 0 Å². The minimum atomic E-state index is -1.26. The number of aromatic amines is 2. The van der Waals surface area contributed by atoms with E-state index >= 15 is 0 Å². The molecule has 2 heterocycles. The second-order valence-electron chi connectivity index (χ2n) is 4.38. The third-order valence-corrected chi connectivity index (χ3v) is 2.57. The number of H-pyrrole nitrogens is 2. The average molecular weight is 364 g/mol. The first-order valence-corrected chi connectivity index (χ1v) is 6.28. The molecule has 0 saturated heterocycles. The Hall–Kier alpha value is -2.20. The van der Waals surface area contributed by atoms with Gasteiger partial charge in [-0.2, -0.15) is 0 Å². The molecule has 6 N–H and O–H groups in total. The van der Waals surface area contributed by atoms with Crippen molar-refractivity contribution in [2.24, 2.45) is 11.5 Å². The number of hydrogen-bond donors (Lipinski definition) is 4. The maximum atomic E-state index is 10.2. The molecule has 0 aromatic carbocycles. The summed E-state index contributed by atoms with van der Waals surface area (Å²) in [4.78, 5) is 33.3. The van der Waals surface area contributed by atoms with E-state index in [-0.39, 0.29) is 29.9 Å². The van der Waals surface area contributed by atoms with Gasteiger partial charge in [0.1, 0.15) is 0 Å². The molecule has 0 aliphatic heterocycles. The van der Waals surface area contributed by atoms with Crippen LogP contribution >= 0.6 is 0 Å². The van der Waals surface area contributed by atoms with Gasteiger partial charge in [0.15, 0.2) is 0 Å². The van der Waals surface area contributed by atoms with Gasteiger partial charge in [0.25, 0.3) is 0 Å². The van der Waals surface area contributed by atoms with Gasteiger partial charge in [0, 0.05) is 37.3 Å². The molecule has 0 aliphatic rings. The van der Waals surface area contributed by atoms with Crippen molar-refractivity contribution in [1.29, 1.82) is 0 Å². The van der Waals surface area contributed by atoms with Gasteiger partial charge in [0.2, 0.25) is 0 Å². The molecule has 0 spiro atoms. The fraction of sp³-hybridized carbons (Fsp3) is 0.333. The standard InChI is InChI=1S/2C6H9N3O2.Fe/c2*7-5(6(10)11)1-4-2-8-3-9-4;/h2*2-3,5H,1,7H2,(H,8,9)(H,10,11);/q;;+2/p-2/t2*5-;/m00./s1. The largest absolute Gasteiger partial charge is 2.00 e. The summed E-state index contributed by atoms with van der Waals surface area (Å²) < 4.78 is 0. The fourth-order valence-electron chi connectivity index (χ4n) is 1.42. The Bertz CT molecular complexity index is 522. The van der Waals surface area contributed by atoms with Crippen LogP contribution in [0.5, 0.6) is 0 Å². The van der Waals surface area contributed by atoms with E-state index in [1.165, 1.54) is 12.7 Å². The van der Waals surface area contributed by atoms with Gasteiger partial charge in [0.05, 0.1) is 36.0 Å². The Balaban J connectivity index is 0.000000403. The Morgan fingerprint density at radius 2 is 1.30 bits per heavy atom. The molecule has 10 nitrogen and oxygen atoms in total. The number of nitrogens with zero attached hydrogens (tertiary/aromatic N) is 2. The normalized spacial score (nSPS) is 12.3. The Morgan fingerprint density at radius 3 is 1.52 bits per heavy atom. The van der Waals surface area contributed by atoms with Crippen LogP contribution in [0, 0.1) is 0 Å². The van der Waals surface area contributed by atoms with E-state index in [2.05, 4.69) is 19.9 Å². The summed E-state index contributed by atoms with van der Waals surface area (Å²) in [6, 6.07) is -1.95. The van der Waals surface area contributed by atoms with Crippen LogP contribution in [-0.4, -0.2) is 44.0 Å². The quantitative estimate of drug-likeness (QED) is 0.373. The molecular formula is C12H16FeN6O4. The van der Waals surface area contributed by atoms with Gasteiger partial charge in [-0.3, -0.25) is 0 Å². The van der Waals surface area contributed by atoms with E-state index in [0.717, 1.165) is 0 Å². The Morgan fingerprint density at radius 1 is 0.957 bits per heavy atom. The van der Waals surface area contributed by atoms with E-state index < -0.39 is 24.0 Å². The summed E-state index contributed by atoms with van der Waals surface area (Å²) in [5.74, 6) is -2.51. The van der Waals surface area contributed by atoms with E-state index in [0.29, 0.717) is 11.4 Å². The third kappa shape index (κ3) is 8.12. The van der Waals surface area contributed by atoms with Crippen molar-refractivity contribution in [3.63, 3.8) is 0 Å². The minimum Gasteiger partial charge on any atom is -0.548 e. The molecule has 0 fully saturated rings. The summed E-state index contributed by atoms with van der Waals surface area (Å²) >= 11 is 0. The van der Waals surface area contributed by atoms with Gasteiger partial charge in [-0.1, -0.05) is 0 Å². The van der Waals surface area contributed by atoms with E-state index in [9.17, 15) is 19.8 Å². The number of carboxylic acid groups (broad SMARTS) is 2. The molecule has 2 aromatic rings. The van der Waals surface area contributed by atoms with Crippen LogP contribution in [-0.2, 0) is 39.5 Å². The summed E-state index contributed by atoms with van der Waals surface area (Å²) in [7, 11) is 0. The zero-order valence-corrected chi connectivity index (χ0v) is 13.0. The topological polar surface area (TPSA) is 190 Å². The van der Waals surface area contributed by atoms with Crippen molar-refractivity contribution in [1.82, 2.24) is 19.9 Å². The second-order valence-corrected chi connectivity index (χ2v) is 4.38. The van der Waals surface area contributed by atoms with Crippen LogP contribution in [0.2, 0.25) is 0 Å². The van der Waals surface area contributed by atoms with Crippen LogP contribution in [0.25, 0.3) is 0 Å². The first kappa shape index (κ1) is 20.8. The number of hydrogen-bond acceptors (Lipinski definition) is 8. The first-order chi connectivity index (χ1) is 10.4. The number of carbonyl (C=O) groups excluding carboxylic acids is 2. The molecule has 0 saturated carbocycles. The molecule has 2 atom stereocenters. The Kier molecular flexibility index (Phi) is 9.51.